The number of hydrogen-bond donors (Lipinski definition) is 1. The van der Waals surface area contributed by atoms with Gasteiger partial charge in [-0.3, -0.25) is 0 Å². The number of rotatable bonds is 3. The van der Waals surface area contributed by atoms with Crippen LogP contribution in [-0.2, 0) is 11.3 Å². The molecular formula is C13H17BrFNO. The van der Waals surface area contributed by atoms with Gasteiger partial charge in [-0.2, -0.15) is 0 Å². The second-order valence-corrected chi connectivity index (χ2v) is 5.33. The molecule has 1 aromatic carbocycles. The molecule has 1 N–H and O–H groups in total. The highest BCUT2D eigenvalue weighted by Gasteiger charge is 2.21. The number of nitrogens with one attached hydrogen (secondary N) is 1. The predicted molar refractivity (Wildman–Crippen MR) is 69.3 cm³/mol. The monoisotopic (exact) mass is 301 g/mol. The Labute approximate surface area is 110 Å². The summed E-state index contributed by atoms with van der Waals surface area (Å²) in [4.78, 5) is 0. The summed E-state index contributed by atoms with van der Waals surface area (Å²) < 4.78 is 19.7. The van der Waals surface area contributed by atoms with Crippen LogP contribution in [0, 0.1) is 11.7 Å². The maximum absolute atomic E-state index is 13.3. The van der Waals surface area contributed by atoms with Gasteiger partial charge < -0.3 is 10.1 Å². The number of benzene rings is 1. The van der Waals surface area contributed by atoms with Gasteiger partial charge in [0.1, 0.15) is 5.82 Å². The number of ether oxygens (including phenoxy) is 1. The minimum atomic E-state index is -0.235. The molecule has 2 atom stereocenters. The van der Waals surface area contributed by atoms with Crippen molar-refractivity contribution in [3.05, 3.63) is 34.1 Å². The minimum absolute atomic E-state index is 0.221. The standard InChI is InChI=1S/C13H17BrFNO/c1-9-5-6-16-7-12(9)17-8-10-3-2-4-11(15)13(10)14/h2-4,9,12,16H,5-8H2,1H3. The smallest absolute Gasteiger partial charge is 0.137 e. The lowest BCUT2D eigenvalue weighted by atomic mass is 9.97. The first-order valence-electron chi connectivity index (χ1n) is 5.93. The van der Waals surface area contributed by atoms with Crippen molar-refractivity contribution < 1.29 is 9.13 Å². The van der Waals surface area contributed by atoms with Crippen molar-refractivity contribution in [3.8, 4) is 0 Å². The van der Waals surface area contributed by atoms with E-state index in [1.165, 1.54) is 6.07 Å². The maximum atomic E-state index is 13.3. The molecule has 2 unspecified atom stereocenters. The van der Waals surface area contributed by atoms with Gasteiger partial charge >= 0.3 is 0 Å². The fourth-order valence-electron chi connectivity index (χ4n) is 2.04. The Morgan fingerprint density at radius 1 is 1.53 bits per heavy atom. The van der Waals surface area contributed by atoms with Crippen LogP contribution in [0.5, 0.6) is 0 Å². The van der Waals surface area contributed by atoms with Crippen LogP contribution in [0.15, 0.2) is 22.7 Å². The Morgan fingerprint density at radius 3 is 3.12 bits per heavy atom. The first kappa shape index (κ1) is 13.0. The Bertz CT molecular complexity index is 386. The minimum Gasteiger partial charge on any atom is -0.372 e. The van der Waals surface area contributed by atoms with E-state index in [9.17, 15) is 4.39 Å². The Morgan fingerprint density at radius 2 is 2.35 bits per heavy atom. The summed E-state index contributed by atoms with van der Waals surface area (Å²) in [5.74, 6) is 0.324. The molecule has 0 aliphatic carbocycles. The van der Waals surface area contributed by atoms with Gasteiger partial charge in [0.2, 0.25) is 0 Å². The molecule has 1 saturated heterocycles. The molecule has 94 valence electrons. The first-order valence-corrected chi connectivity index (χ1v) is 6.73. The molecule has 2 nitrogen and oxygen atoms in total. The Balaban J connectivity index is 1.95. The normalized spacial score (nSPS) is 24.9. The number of piperidine rings is 1. The van der Waals surface area contributed by atoms with Crippen LogP contribution in [0.25, 0.3) is 0 Å². The zero-order valence-corrected chi connectivity index (χ0v) is 11.5. The summed E-state index contributed by atoms with van der Waals surface area (Å²) in [7, 11) is 0. The van der Waals surface area contributed by atoms with E-state index in [-0.39, 0.29) is 11.9 Å². The van der Waals surface area contributed by atoms with E-state index in [0.29, 0.717) is 17.0 Å². The van der Waals surface area contributed by atoms with Gasteiger partial charge in [0.25, 0.3) is 0 Å². The van der Waals surface area contributed by atoms with Crippen LogP contribution in [0.1, 0.15) is 18.9 Å². The molecule has 1 fully saturated rings. The molecule has 0 aromatic heterocycles. The van der Waals surface area contributed by atoms with Crippen molar-refractivity contribution in [3.63, 3.8) is 0 Å². The van der Waals surface area contributed by atoms with Crippen LogP contribution >= 0.6 is 15.9 Å². The molecule has 2 rings (SSSR count). The van der Waals surface area contributed by atoms with E-state index in [0.717, 1.165) is 25.1 Å². The quantitative estimate of drug-likeness (QED) is 0.926. The average molecular weight is 302 g/mol. The Kier molecular flexibility index (Phi) is 4.54. The summed E-state index contributed by atoms with van der Waals surface area (Å²) in [5.41, 5.74) is 0.864. The number of halogens is 2. The lowest BCUT2D eigenvalue weighted by molar-refractivity contribution is -0.00690. The third-order valence-corrected chi connectivity index (χ3v) is 4.13. The van der Waals surface area contributed by atoms with Gasteiger partial charge in [-0.05, 0) is 46.4 Å². The number of hydrogen-bond acceptors (Lipinski definition) is 2. The summed E-state index contributed by atoms with van der Waals surface area (Å²) in [6, 6.07) is 5.04. The van der Waals surface area contributed by atoms with E-state index < -0.39 is 0 Å². The Hall–Kier alpha value is -0.450. The molecule has 0 spiro atoms. The molecule has 4 heteroatoms. The highest BCUT2D eigenvalue weighted by molar-refractivity contribution is 9.10. The SMILES string of the molecule is CC1CCNCC1OCc1cccc(F)c1Br. The third kappa shape index (κ3) is 3.27. The van der Waals surface area contributed by atoms with Crippen LogP contribution in [0.3, 0.4) is 0 Å². The predicted octanol–water partition coefficient (Wildman–Crippen LogP) is 3.10. The van der Waals surface area contributed by atoms with Gasteiger partial charge in [0.05, 0.1) is 17.2 Å². The van der Waals surface area contributed by atoms with Crippen molar-refractivity contribution >= 4 is 15.9 Å². The highest BCUT2D eigenvalue weighted by Crippen LogP contribution is 2.23. The zero-order chi connectivity index (χ0) is 12.3. The van der Waals surface area contributed by atoms with Crippen LogP contribution in [0.2, 0.25) is 0 Å². The largest absolute Gasteiger partial charge is 0.372 e. The fraction of sp³-hybridized carbons (Fsp3) is 0.538. The van der Waals surface area contributed by atoms with Gasteiger partial charge in [-0.1, -0.05) is 19.1 Å². The molecule has 0 bridgehead atoms. The maximum Gasteiger partial charge on any atom is 0.137 e. The van der Waals surface area contributed by atoms with Gasteiger partial charge in [-0.15, -0.1) is 0 Å². The average Bonchev–Trinajstić information content (AvgIpc) is 2.33. The second kappa shape index (κ2) is 5.94. The van der Waals surface area contributed by atoms with Gasteiger partial charge in [0, 0.05) is 6.54 Å². The summed E-state index contributed by atoms with van der Waals surface area (Å²) in [6.45, 7) is 4.60. The summed E-state index contributed by atoms with van der Waals surface area (Å²) >= 11 is 3.25. The molecule has 1 heterocycles. The summed E-state index contributed by atoms with van der Waals surface area (Å²) in [6.07, 6.45) is 1.36. The van der Waals surface area contributed by atoms with Crippen molar-refractivity contribution in [2.24, 2.45) is 5.92 Å². The fourth-order valence-corrected chi connectivity index (χ4v) is 2.42. The zero-order valence-electron chi connectivity index (χ0n) is 9.88. The van der Waals surface area contributed by atoms with E-state index in [1.54, 1.807) is 6.07 Å². The van der Waals surface area contributed by atoms with Gasteiger partial charge in [0.15, 0.2) is 0 Å². The van der Waals surface area contributed by atoms with E-state index in [2.05, 4.69) is 28.2 Å². The lowest BCUT2D eigenvalue weighted by Gasteiger charge is -2.29. The topological polar surface area (TPSA) is 21.3 Å². The molecule has 17 heavy (non-hydrogen) atoms. The van der Waals surface area contributed by atoms with Gasteiger partial charge in [-0.25, -0.2) is 4.39 Å². The van der Waals surface area contributed by atoms with Crippen LogP contribution in [0.4, 0.5) is 4.39 Å². The second-order valence-electron chi connectivity index (χ2n) is 4.53. The van der Waals surface area contributed by atoms with E-state index in [4.69, 9.17) is 4.74 Å². The summed E-state index contributed by atoms with van der Waals surface area (Å²) in [5, 5.41) is 3.32. The van der Waals surface area contributed by atoms with Crippen LogP contribution in [-0.4, -0.2) is 19.2 Å². The molecule has 1 aromatic rings. The molecular weight excluding hydrogens is 285 g/mol. The van der Waals surface area contributed by atoms with Crippen molar-refractivity contribution in [2.45, 2.75) is 26.1 Å². The molecule has 1 aliphatic heterocycles. The molecule has 0 saturated carbocycles. The molecule has 0 amide bonds. The van der Waals surface area contributed by atoms with Crippen LogP contribution < -0.4 is 5.32 Å². The first-order chi connectivity index (χ1) is 8.18. The van der Waals surface area contributed by atoms with E-state index in [1.807, 2.05) is 6.07 Å². The van der Waals surface area contributed by atoms with E-state index >= 15 is 0 Å². The van der Waals surface area contributed by atoms with Crippen molar-refractivity contribution in [1.82, 2.24) is 5.32 Å². The molecule has 1 aliphatic rings. The highest BCUT2D eigenvalue weighted by atomic mass is 79.9. The third-order valence-electron chi connectivity index (χ3n) is 3.24. The molecule has 0 radical (unpaired) electrons. The van der Waals surface area contributed by atoms with Crippen molar-refractivity contribution in [1.29, 1.82) is 0 Å². The van der Waals surface area contributed by atoms with Crippen molar-refractivity contribution in [2.75, 3.05) is 13.1 Å². The lowest BCUT2D eigenvalue weighted by Crippen LogP contribution is -2.40.